The summed E-state index contributed by atoms with van der Waals surface area (Å²) in [5.74, 6) is -0.300. The Morgan fingerprint density at radius 1 is 1.16 bits per heavy atom. The number of hydrogen-bond acceptors (Lipinski definition) is 4. The van der Waals surface area contributed by atoms with Crippen LogP contribution in [0.2, 0.25) is 0 Å². The van der Waals surface area contributed by atoms with Crippen LogP contribution >= 0.6 is 0 Å². The molecule has 0 aromatic rings. The first-order chi connectivity index (χ1) is 11.6. The first kappa shape index (κ1) is 17.5. The van der Waals surface area contributed by atoms with Crippen LogP contribution in [0.25, 0.3) is 0 Å². The lowest BCUT2D eigenvalue weighted by atomic mass is 9.40. The molecule has 3 N–H and O–H groups in total. The molecule has 0 heterocycles. The molecule has 4 saturated carbocycles. The number of Topliss-reactive ketones (excluding diaryl/α,β-unsaturated/α-hetero) is 1. The molecule has 0 radical (unpaired) electrons. The number of aliphatic hydroxyl groups is 2. The van der Waals surface area contributed by atoms with Crippen molar-refractivity contribution < 1.29 is 24.9 Å². The number of fused-ring (bicyclic) bond motifs is 3. The lowest BCUT2D eigenvalue weighted by Gasteiger charge is -2.64. The molecule has 5 heteroatoms. The second-order valence-electron chi connectivity index (χ2n) is 10.1. The van der Waals surface area contributed by atoms with Gasteiger partial charge < -0.3 is 15.3 Å². The summed E-state index contributed by atoms with van der Waals surface area (Å²) in [7, 11) is 0. The molecule has 0 aromatic heterocycles. The van der Waals surface area contributed by atoms with E-state index in [2.05, 4.69) is 6.92 Å². The average Bonchev–Trinajstić information content (AvgIpc) is 2.72. The van der Waals surface area contributed by atoms with Crippen LogP contribution in [0.1, 0.15) is 65.2 Å². The molecule has 7 unspecified atom stereocenters. The van der Waals surface area contributed by atoms with E-state index in [1.807, 2.05) is 0 Å². The predicted octanol–water partition coefficient (Wildman–Crippen LogP) is 2.39. The molecule has 4 fully saturated rings. The Labute approximate surface area is 148 Å². The third kappa shape index (κ3) is 2.03. The van der Waals surface area contributed by atoms with Crippen LogP contribution in [0.15, 0.2) is 0 Å². The summed E-state index contributed by atoms with van der Waals surface area (Å²) in [6.07, 6.45) is 4.89. The molecule has 4 aliphatic carbocycles. The molecule has 140 valence electrons. The number of aliphatic carboxylic acids is 1. The Hall–Kier alpha value is -0.940. The number of hydrogen-bond donors (Lipinski definition) is 3. The lowest BCUT2D eigenvalue weighted by molar-refractivity contribution is -0.198. The normalized spacial score (nSPS) is 54.7. The van der Waals surface area contributed by atoms with Crippen molar-refractivity contribution in [1.82, 2.24) is 0 Å². The number of carbonyl (C=O) groups is 2. The van der Waals surface area contributed by atoms with Gasteiger partial charge in [0.25, 0.3) is 0 Å². The molecule has 0 aliphatic heterocycles. The lowest BCUT2D eigenvalue weighted by Crippen LogP contribution is -2.61. The third-order valence-electron chi connectivity index (χ3n) is 8.86. The minimum Gasteiger partial charge on any atom is -0.481 e. The Morgan fingerprint density at radius 2 is 1.84 bits per heavy atom. The van der Waals surface area contributed by atoms with E-state index in [9.17, 15) is 24.9 Å². The SMILES string of the molecule is CC1(C(=O)O)CC(O)CC2(C)C3CCC4(CO)CC3(CCC12)CC4=O. The number of carboxylic acid groups (broad SMARTS) is 1. The van der Waals surface area contributed by atoms with Crippen molar-refractivity contribution >= 4 is 11.8 Å². The fourth-order valence-corrected chi connectivity index (χ4v) is 7.93. The maximum atomic E-state index is 12.7. The van der Waals surface area contributed by atoms with Crippen LogP contribution in [0, 0.1) is 33.5 Å². The van der Waals surface area contributed by atoms with E-state index in [0.717, 1.165) is 25.7 Å². The van der Waals surface area contributed by atoms with Crippen LogP contribution in [0.3, 0.4) is 0 Å². The molecule has 4 aliphatic rings. The van der Waals surface area contributed by atoms with Gasteiger partial charge in [-0.15, -0.1) is 0 Å². The molecule has 0 saturated heterocycles. The van der Waals surface area contributed by atoms with Crippen LogP contribution in [0.4, 0.5) is 0 Å². The van der Waals surface area contributed by atoms with E-state index in [0.29, 0.717) is 25.7 Å². The van der Waals surface area contributed by atoms with Gasteiger partial charge in [-0.05, 0) is 74.5 Å². The topological polar surface area (TPSA) is 94.8 Å². The third-order valence-corrected chi connectivity index (χ3v) is 8.86. The van der Waals surface area contributed by atoms with Gasteiger partial charge >= 0.3 is 5.97 Å². The molecule has 0 amide bonds. The van der Waals surface area contributed by atoms with Gasteiger partial charge in [0, 0.05) is 6.42 Å². The van der Waals surface area contributed by atoms with E-state index < -0.39 is 22.9 Å². The highest BCUT2D eigenvalue weighted by Crippen LogP contribution is 2.72. The van der Waals surface area contributed by atoms with Gasteiger partial charge in [-0.25, -0.2) is 0 Å². The van der Waals surface area contributed by atoms with E-state index in [1.165, 1.54) is 0 Å². The van der Waals surface area contributed by atoms with E-state index >= 15 is 0 Å². The van der Waals surface area contributed by atoms with Crippen molar-refractivity contribution in [3.63, 3.8) is 0 Å². The fourth-order valence-electron chi connectivity index (χ4n) is 7.93. The Bertz CT molecular complexity index is 632. The highest BCUT2D eigenvalue weighted by molar-refractivity contribution is 5.88. The number of ketones is 1. The van der Waals surface area contributed by atoms with Gasteiger partial charge in [0.15, 0.2) is 0 Å². The second kappa shape index (κ2) is 5.07. The maximum absolute atomic E-state index is 12.7. The van der Waals surface area contributed by atoms with Gasteiger partial charge in [-0.1, -0.05) is 6.92 Å². The maximum Gasteiger partial charge on any atom is 0.309 e. The molecule has 25 heavy (non-hydrogen) atoms. The van der Waals surface area contributed by atoms with E-state index in [4.69, 9.17) is 0 Å². The van der Waals surface area contributed by atoms with Gasteiger partial charge in [0.05, 0.1) is 23.5 Å². The van der Waals surface area contributed by atoms with Crippen LogP contribution in [-0.2, 0) is 9.59 Å². The van der Waals surface area contributed by atoms with Crippen molar-refractivity contribution in [2.45, 2.75) is 71.3 Å². The Kier molecular flexibility index (Phi) is 3.54. The zero-order chi connectivity index (χ0) is 18.3. The summed E-state index contributed by atoms with van der Waals surface area (Å²) in [4.78, 5) is 24.8. The van der Waals surface area contributed by atoms with E-state index in [-0.39, 0.29) is 35.1 Å². The summed E-state index contributed by atoms with van der Waals surface area (Å²) in [6, 6.07) is 0. The zero-order valence-electron chi connectivity index (χ0n) is 15.3. The second-order valence-corrected chi connectivity index (χ2v) is 10.1. The zero-order valence-corrected chi connectivity index (χ0v) is 15.3. The minimum absolute atomic E-state index is 0.0360. The minimum atomic E-state index is -0.901. The van der Waals surface area contributed by atoms with Gasteiger partial charge in [0.1, 0.15) is 5.78 Å². The summed E-state index contributed by atoms with van der Waals surface area (Å²) in [6.45, 7) is 3.91. The number of aliphatic hydroxyl groups excluding tert-OH is 2. The highest BCUT2D eigenvalue weighted by Gasteiger charge is 2.69. The van der Waals surface area contributed by atoms with E-state index in [1.54, 1.807) is 6.92 Å². The van der Waals surface area contributed by atoms with Crippen molar-refractivity contribution in [3.8, 4) is 0 Å². The number of carboxylic acids is 1. The fraction of sp³-hybridized carbons (Fsp3) is 0.900. The predicted molar refractivity (Wildman–Crippen MR) is 90.7 cm³/mol. The number of rotatable bonds is 2. The molecule has 5 nitrogen and oxygen atoms in total. The van der Waals surface area contributed by atoms with Crippen molar-refractivity contribution in [2.75, 3.05) is 6.61 Å². The molecule has 1 spiro atoms. The largest absolute Gasteiger partial charge is 0.481 e. The molecular weight excluding hydrogens is 320 g/mol. The Balaban J connectivity index is 1.76. The standard InChI is InChI=1S/C20H30O5/c1-17-7-12(22)8-18(2,16(24)25)13(17)3-5-19-9-15(23)20(10-19,11-21)6-4-14(17)19/h12-14,21-22H,3-11H2,1-2H3,(H,24,25). The molecule has 0 aromatic carbocycles. The summed E-state index contributed by atoms with van der Waals surface area (Å²) in [5.41, 5.74) is -1.81. The molecule has 7 atom stereocenters. The van der Waals surface area contributed by atoms with Crippen molar-refractivity contribution in [1.29, 1.82) is 0 Å². The molecule has 2 bridgehead atoms. The van der Waals surface area contributed by atoms with Crippen LogP contribution < -0.4 is 0 Å². The molecule has 4 rings (SSSR count). The summed E-state index contributed by atoms with van der Waals surface area (Å²) < 4.78 is 0. The first-order valence-electron chi connectivity index (χ1n) is 9.68. The smallest absolute Gasteiger partial charge is 0.309 e. The highest BCUT2D eigenvalue weighted by atomic mass is 16.4. The Morgan fingerprint density at radius 3 is 2.48 bits per heavy atom. The quantitative estimate of drug-likeness (QED) is 0.711. The van der Waals surface area contributed by atoms with Crippen molar-refractivity contribution in [2.24, 2.45) is 33.5 Å². The van der Waals surface area contributed by atoms with Gasteiger partial charge in [-0.2, -0.15) is 0 Å². The van der Waals surface area contributed by atoms with Crippen LogP contribution in [-0.4, -0.2) is 39.8 Å². The average molecular weight is 350 g/mol. The number of carbonyl (C=O) groups excluding carboxylic acids is 1. The summed E-state index contributed by atoms with van der Waals surface area (Å²) >= 11 is 0. The first-order valence-corrected chi connectivity index (χ1v) is 9.68. The van der Waals surface area contributed by atoms with Gasteiger partial charge in [0.2, 0.25) is 0 Å². The monoisotopic (exact) mass is 350 g/mol. The van der Waals surface area contributed by atoms with Crippen LogP contribution in [0.5, 0.6) is 0 Å². The summed E-state index contributed by atoms with van der Waals surface area (Å²) in [5, 5.41) is 30.3. The molecular formula is C20H30O5. The van der Waals surface area contributed by atoms with Crippen molar-refractivity contribution in [3.05, 3.63) is 0 Å². The van der Waals surface area contributed by atoms with Gasteiger partial charge in [-0.3, -0.25) is 9.59 Å².